The molecule has 2 saturated carbocycles. The van der Waals surface area contributed by atoms with Gasteiger partial charge in [-0.05, 0) is 122 Å². The van der Waals surface area contributed by atoms with Crippen LogP contribution in [0.1, 0.15) is 36.8 Å². The topological polar surface area (TPSA) is 55.7 Å². The molecule has 0 aliphatic heterocycles. The van der Waals surface area contributed by atoms with Crippen molar-refractivity contribution in [1.82, 2.24) is 15.0 Å². The quantitative estimate of drug-likeness (QED) is 0.101. The van der Waals surface area contributed by atoms with Crippen LogP contribution in [0.3, 0.4) is 0 Å². The van der Waals surface area contributed by atoms with Crippen molar-refractivity contribution in [1.29, 1.82) is 0 Å². The molecule has 2 aliphatic carbocycles. The lowest BCUT2D eigenvalue weighted by atomic mass is 9.64. The van der Waals surface area contributed by atoms with Crippen molar-refractivity contribution in [3.05, 3.63) is 242 Å². The van der Waals surface area contributed by atoms with Crippen molar-refractivity contribution in [3.63, 3.8) is 0 Å². The second-order valence-corrected chi connectivity index (χ2v) is 23.8. The fourth-order valence-electron chi connectivity index (χ4n) is 12.5. The summed E-state index contributed by atoms with van der Waals surface area (Å²) in [7, 11) is -2.38. The summed E-state index contributed by atoms with van der Waals surface area (Å²) in [4.78, 5) is 15.4. The van der Waals surface area contributed by atoms with E-state index >= 15 is 0 Å². The molecule has 10 aromatic carbocycles. The summed E-state index contributed by atoms with van der Waals surface area (Å²) in [5.74, 6) is 3.26. The van der Waals surface area contributed by atoms with Crippen molar-refractivity contribution >= 4 is 34.0 Å². The van der Waals surface area contributed by atoms with Gasteiger partial charge in [0.05, 0.1) is 0 Å². The molecule has 352 valence electrons. The normalized spacial score (nSPS) is 17.3. The third-order valence-electron chi connectivity index (χ3n) is 16.0. The van der Waals surface area contributed by atoms with Crippen LogP contribution in [0, 0.1) is 11.8 Å². The van der Waals surface area contributed by atoms with Crippen LogP contribution in [0.15, 0.2) is 231 Å². The molecule has 0 saturated heterocycles. The Morgan fingerprint density at radius 3 is 1.16 bits per heavy atom. The van der Waals surface area contributed by atoms with E-state index in [1.165, 1.54) is 85.3 Å². The Morgan fingerprint density at radius 2 is 0.740 bits per heavy atom. The molecule has 1 heterocycles. The number of fused-ring (bicyclic) bond motifs is 4. The fraction of sp³-hybridized carbons (Fsp3) is 0.132. The van der Waals surface area contributed by atoms with Crippen LogP contribution in [0.2, 0.25) is 0 Å². The lowest BCUT2D eigenvalue weighted by Gasteiger charge is -2.39. The Hall–Kier alpha value is -8.04. The van der Waals surface area contributed by atoms with Gasteiger partial charge in [0, 0.05) is 27.4 Å². The first-order valence-corrected chi connectivity index (χ1v) is 28.3. The van der Waals surface area contributed by atoms with Gasteiger partial charge in [0.15, 0.2) is 17.5 Å². The maximum absolute atomic E-state index is 13.0. The number of aromatic nitrogens is 3. The Morgan fingerprint density at radius 1 is 0.384 bits per heavy atom. The highest BCUT2D eigenvalue weighted by atomic mass is 31.2. The maximum atomic E-state index is 13.0. The largest absolute Gasteiger partial charge is 0.319 e. The van der Waals surface area contributed by atoms with Crippen molar-refractivity contribution in [2.75, 3.05) is 13.3 Å². The molecule has 0 N–H and O–H groups in total. The summed E-state index contributed by atoms with van der Waals surface area (Å²) in [6.07, 6.45) is 4.97. The fourth-order valence-corrected chi connectivity index (χ4v) is 13.4. The zero-order valence-corrected chi connectivity index (χ0v) is 42.0. The molecule has 5 heteroatoms. The van der Waals surface area contributed by atoms with Crippen LogP contribution in [-0.4, -0.2) is 28.3 Å². The minimum atomic E-state index is -2.38. The summed E-state index contributed by atoms with van der Waals surface area (Å²) < 4.78 is 13.0. The SMILES string of the molecule is CP(C)(=O)c1ccc(-c2c3ccccc3c(-c3ccc(C4(c5ccc(-c6nc(-c7ccccc7)nc(-c7ccc(-c8ccccc8-c8ccccc8)cc7)n6)cc5)CC5CCC4C5)cc3)c3ccccc23)cc1. The Balaban J connectivity index is 0.860. The van der Waals surface area contributed by atoms with Crippen LogP contribution < -0.4 is 5.30 Å². The number of benzene rings is 10. The van der Waals surface area contributed by atoms with Gasteiger partial charge in [0.25, 0.3) is 0 Å². The molecule has 13 rings (SSSR count). The minimum absolute atomic E-state index is 0.0819. The van der Waals surface area contributed by atoms with Crippen molar-refractivity contribution in [3.8, 4) is 78.7 Å². The van der Waals surface area contributed by atoms with Crippen LogP contribution in [0.5, 0.6) is 0 Å². The van der Waals surface area contributed by atoms with Crippen LogP contribution in [-0.2, 0) is 9.98 Å². The molecule has 11 aromatic rings. The van der Waals surface area contributed by atoms with Gasteiger partial charge in [-0.25, -0.2) is 15.0 Å². The molecular formula is C68H54N3OP. The van der Waals surface area contributed by atoms with E-state index in [9.17, 15) is 4.57 Å². The van der Waals surface area contributed by atoms with Crippen LogP contribution in [0.4, 0.5) is 0 Å². The summed E-state index contributed by atoms with van der Waals surface area (Å²) in [6, 6.07) is 82.9. The van der Waals surface area contributed by atoms with Crippen molar-refractivity contribution in [2.45, 2.75) is 31.1 Å². The highest BCUT2D eigenvalue weighted by Gasteiger charge is 2.52. The van der Waals surface area contributed by atoms with Gasteiger partial charge in [-0.15, -0.1) is 0 Å². The van der Waals surface area contributed by atoms with Crippen molar-refractivity contribution in [2.24, 2.45) is 11.8 Å². The highest BCUT2D eigenvalue weighted by molar-refractivity contribution is 7.70. The monoisotopic (exact) mass is 959 g/mol. The Bertz CT molecular complexity index is 3830. The smallest absolute Gasteiger partial charge is 0.164 e. The van der Waals surface area contributed by atoms with Gasteiger partial charge in [0.1, 0.15) is 7.14 Å². The van der Waals surface area contributed by atoms with E-state index < -0.39 is 7.14 Å². The Kier molecular flexibility index (Phi) is 11.2. The number of nitrogens with zero attached hydrogens (tertiary/aromatic N) is 3. The van der Waals surface area contributed by atoms with Gasteiger partial charge in [-0.3, -0.25) is 0 Å². The molecule has 2 fully saturated rings. The van der Waals surface area contributed by atoms with Gasteiger partial charge in [-0.2, -0.15) is 0 Å². The molecule has 3 unspecified atom stereocenters. The van der Waals surface area contributed by atoms with Crippen LogP contribution >= 0.6 is 7.14 Å². The van der Waals surface area contributed by atoms with E-state index in [2.05, 4.69) is 200 Å². The van der Waals surface area contributed by atoms with E-state index in [4.69, 9.17) is 15.0 Å². The van der Waals surface area contributed by atoms with Crippen LogP contribution in [0.25, 0.3) is 100 Å². The molecule has 0 spiro atoms. The Labute approximate surface area is 427 Å². The second-order valence-electron chi connectivity index (χ2n) is 20.6. The first kappa shape index (κ1) is 44.9. The zero-order chi connectivity index (χ0) is 49.1. The predicted octanol–water partition coefficient (Wildman–Crippen LogP) is 17.2. The zero-order valence-electron chi connectivity index (χ0n) is 41.1. The van der Waals surface area contributed by atoms with E-state index in [1.54, 1.807) is 0 Å². The number of hydrogen-bond donors (Lipinski definition) is 0. The maximum Gasteiger partial charge on any atom is 0.164 e. The molecular weight excluding hydrogens is 906 g/mol. The third kappa shape index (κ3) is 8.02. The van der Waals surface area contributed by atoms with E-state index in [-0.39, 0.29) is 5.41 Å². The number of hydrogen-bond acceptors (Lipinski definition) is 4. The average molecular weight is 960 g/mol. The van der Waals surface area contributed by atoms with E-state index in [0.29, 0.717) is 23.4 Å². The molecule has 0 amide bonds. The van der Waals surface area contributed by atoms with Gasteiger partial charge in [0.2, 0.25) is 0 Å². The highest BCUT2D eigenvalue weighted by Crippen LogP contribution is 2.60. The van der Waals surface area contributed by atoms with Crippen molar-refractivity contribution < 1.29 is 4.57 Å². The summed E-state index contributed by atoms with van der Waals surface area (Å²) in [5.41, 5.74) is 15.1. The molecule has 3 atom stereocenters. The lowest BCUT2D eigenvalue weighted by molar-refractivity contribution is 0.320. The van der Waals surface area contributed by atoms with Gasteiger partial charge < -0.3 is 4.57 Å². The standard InChI is InChI=1S/C68H54N3OP/c1-73(2,72)56-41-34-49(35-42-56)64-61-23-13-11-21-59(61)63(60-22-12-14-24-62(60)64)48-30-37-53(38-31-48)68(44-45-25-36-55(68)43-45)54-39-32-52(33-40-54)67-70-65(50-17-7-4-8-18-50)69-66(71-67)51-28-26-47(27-29-51)58-20-10-9-19-57(58)46-15-5-3-6-16-46/h3-24,26-35,37-42,45,55H,25,36,43-44H2,1-2H3. The molecule has 4 nitrogen and oxygen atoms in total. The lowest BCUT2D eigenvalue weighted by Crippen LogP contribution is -2.34. The molecule has 0 radical (unpaired) electrons. The third-order valence-corrected chi connectivity index (χ3v) is 17.6. The van der Waals surface area contributed by atoms with Gasteiger partial charge in [-0.1, -0.05) is 237 Å². The first-order valence-electron chi connectivity index (χ1n) is 25.7. The average Bonchev–Trinajstić information content (AvgIpc) is 4.08. The predicted molar refractivity (Wildman–Crippen MR) is 305 cm³/mol. The van der Waals surface area contributed by atoms with Gasteiger partial charge >= 0.3 is 0 Å². The van der Waals surface area contributed by atoms with E-state index in [1.807, 2.05) is 43.7 Å². The molecule has 73 heavy (non-hydrogen) atoms. The minimum Gasteiger partial charge on any atom is -0.319 e. The van der Waals surface area contributed by atoms with E-state index in [0.717, 1.165) is 45.5 Å². The molecule has 2 aliphatic rings. The summed E-state index contributed by atoms with van der Waals surface area (Å²) >= 11 is 0. The summed E-state index contributed by atoms with van der Waals surface area (Å²) in [6.45, 7) is 3.68. The second kappa shape index (κ2) is 18.2. The summed E-state index contributed by atoms with van der Waals surface area (Å²) in [5, 5.41) is 5.80. The molecule has 1 aromatic heterocycles. The first-order chi connectivity index (χ1) is 35.8. The molecule has 2 bridgehead atoms. The number of rotatable bonds is 10.